The zero-order valence-corrected chi connectivity index (χ0v) is 11.6. The van der Waals surface area contributed by atoms with Gasteiger partial charge in [-0.3, -0.25) is 4.79 Å². The number of aliphatic carboxylic acids is 1. The van der Waals surface area contributed by atoms with Gasteiger partial charge in [0, 0.05) is 5.41 Å². The molecule has 5 nitrogen and oxygen atoms in total. The maximum atomic E-state index is 11.8. The van der Waals surface area contributed by atoms with Crippen LogP contribution in [0, 0.1) is 5.92 Å². The van der Waals surface area contributed by atoms with Gasteiger partial charge in [0.1, 0.15) is 6.04 Å². The average Bonchev–Trinajstić information content (AvgIpc) is 2.34. The zero-order chi connectivity index (χ0) is 14.5. The topological polar surface area (TPSA) is 83.5 Å². The van der Waals surface area contributed by atoms with E-state index in [9.17, 15) is 13.2 Å². The summed E-state index contributed by atoms with van der Waals surface area (Å²) < 4.78 is 25.7. The van der Waals surface area contributed by atoms with Crippen LogP contribution < -0.4 is 4.72 Å². The fourth-order valence-electron chi connectivity index (χ4n) is 1.42. The Morgan fingerprint density at radius 3 is 2.32 bits per heavy atom. The predicted octanol–water partition coefficient (Wildman–Crippen LogP) is 1.69. The molecule has 0 amide bonds. The summed E-state index contributed by atoms with van der Waals surface area (Å²) in [6, 6.07) is 7.77. The Kier molecular flexibility index (Phi) is 5.26. The van der Waals surface area contributed by atoms with Crippen LogP contribution in [0.15, 0.2) is 35.7 Å². The number of hydrogen-bond donors (Lipinski definition) is 2. The van der Waals surface area contributed by atoms with Crippen molar-refractivity contribution < 1.29 is 18.3 Å². The van der Waals surface area contributed by atoms with E-state index in [0.717, 1.165) is 11.0 Å². The van der Waals surface area contributed by atoms with Gasteiger partial charge in [-0.15, -0.1) is 0 Å². The van der Waals surface area contributed by atoms with Gasteiger partial charge in [-0.1, -0.05) is 44.2 Å². The van der Waals surface area contributed by atoms with Crippen LogP contribution in [0.3, 0.4) is 0 Å². The van der Waals surface area contributed by atoms with E-state index < -0.39 is 22.0 Å². The van der Waals surface area contributed by atoms with Gasteiger partial charge in [0.2, 0.25) is 10.0 Å². The molecule has 0 saturated carbocycles. The van der Waals surface area contributed by atoms with E-state index in [-0.39, 0.29) is 5.92 Å². The second kappa shape index (κ2) is 6.49. The molecule has 104 valence electrons. The van der Waals surface area contributed by atoms with E-state index in [1.54, 1.807) is 38.1 Å². The van der Waals surface area contributed by atoms with Crippen molar-refractivity contribution in [3.8, 4) is 0 Å². The summed E-state index contributed by atoms with van der Waals surface area (Å²) in [7, 11) is -3.78. The molecule has 1 rings (SSSR count). The maximum Gasteiger partial charge on any atom is 0.322 e. The number of sulfonamides is 1. The van der Waals surface area contributed by atoms with Crippen molar-refractivity contribution in [1.29, 1.82) is 0 Å². The van der Waals surface area contributed by atoms with Gasteiger partial charge in [-0.05, 0) is 17.6 Å². The third-order valence-corrected chi connectivity index (χ3v) is 3.54. The fourth-order valence-corrected chi connectivity index (χ4v) is 2.56. The molecule has 0 aromatic heterocycles. The van der Waals surface area contributed by atoms with E-state index in [0.29, 0.717) is 0 Å². The Balaban J connectivity index is 2.82. The van der Waals surface area contributed by atoms with Gasteiger partial charge in [0.25, 0.3) is 0 Å². The molecule has 0 fully saturated rings. The molecule has 0 heterocycles. The summed E-state index contributed by atoms with van der Waals surface area (Å²) in [5, 5.41) is 9.91. The number of rotatable bonds is 6. The Labute approximate surface area is 113 Å². The smallest absolute Gasteiger partial charge is 0.322 e. The Hall–Kier alpha value is -1.66. The molecule has 6 heteroatoms. The minimum atomic E-state index is -3.78. The molecule has 0 radical (unpaired) electrons. The third kappa shape index (κ3) is 5.23. The number of carbonyl (C=O) groups is 1. The molecule has 2 N–H and O–H groups in total. The monoisotopic (exact) mass is 283 g/mol. The molecule has 1 aromatic carbocycles. The van der Waals surface area contributed by atoms with Crippen LogP contribution in [0.4, 0.5) is 0 Å². The lowest BCUT2D eigenvalue weighted by Gasteiger charge is -2.16. The van der Waals surface area contributed by atoms with Crippen molar-refractivity contribution in [3.05, 3.63) is 41.3 Å². The average molecular weight is 283 g/mol. The molecule has 0 aliphatic rings. The minimum Gasteiger partial charge on any atom is -0.480 e. The van der Waals surface area contributed by atoms with Crippen LogP contribution in [0.5, 0.6) is 0 Å². The summed E-state index contributed by atoms with van der Waals surface area (Å²) in [4.78, 5) is 10.9. The van der Waals surface area contributed by atoms with E-state index in [4.69, 9.17) is 5.11 Å². The molecule has 1 atom stereocenters. The van der Waals surface area contributed by atoms with Crippen LogP contribution >= 0.6 is 0 Å². The molecule has 0 bridgehead atoms. The summed E-state index contributed by atoms with van der Waals surface area (Å²) in [5.74, 6) is -1.52. The number of carboxylic acids is 1. The van der Waals surface area contributed by atoms with Crippen molar-refractivity contribution in [3.63, 3.8) is 0 Å². The molecule has 19 heavy (non-hydrogen) atoms. The van der Waals surface area contributed by atoms with Crippen LogP contribution in [0.2, 0.25) is 0 Å². The highest BCUT2D eigenvalue weighted by atomic mass is 32.2. The molecule has 0 aliphatic carbocycles. The summed E-state index contributed by atoms with van der Waals surface area (Å²) in [6.45, 7) is 3.28. The van der Waals surface area contributed by atoms with Crippen LogP contribution in [-0.2, 0) is 14.8 Å². The fraction of sp³-hybridized carbons (Fsp3) is 0.308. The first-order valence-electron chi connectivity index (χ1n) is 5.80. The first-order valence-corrected chi connectivity index (χ1v) is 7.35. The second-order valence-corrected chi connectivity index (χ2v) is 6.03. The van der Waals surface area contributed by atoms with Crippen molar-refractivity contribution in [2.24, 2.45) is 5.92 Å². The van der Waals surface area contributed by atoms with Crippen molar-refractivity contribution in [2.75, 3.05) is 0 Å². The van der Waals surface area contributed by atoms with Crippen molar-refractivity contribution in [2.45, 2.75) is 19.9 Å². The number of hydrogen-bond acceptors (Lipinski definition) is 3. The van der Waals surface area contributed by atoms with Gasteiger partial charge in [0.15, 0.2) is 0 Å². The first-order chi connectivity index (χ1) is 8.82. The van der Waals surface area contributed by atoms with Gasteiger partial charge in [0.05, 0.1) is 0 Å². The summed E-state index contributed by atoms with van der Waals surface area (Å²) >= 11 is 0. The summed E-state index contributed by atoms with van der Waals surface area (Å²) in [5.41, 5.74) is 0.726. The van der Waals surface area contributed by atoms with Crippen LogP contribution in [-0.4, -0.2) is 25.5 Å². The number of benzene rings is 1. The SMILES string of the molecule is CC(C)C(NS(=O)(=O)/C=C/c1ccccc1)C(=O)O. The van der Waals surface area contributed by atoms with Gasteiger partial charge in [-0.2, -0.15) is 4.72 Å². The normalized spacial score (nSPS) is 13.8. The number of carboxylic acid groups (broad SMARTS) is 1. The Bertz CT molecular complexity index is 549. The largest absolute Gasteiger partial charge is 0.480 e. The molecule has 0 aliphatic heterocycles. The minimum absolute atomic E-state index is 0.336. The van der Waals surface area contributed by atoms with E-state index >= 15 is 0 Å². The quantitative estimate of drug-likeness (QED) is 0.832. The molecule has 1 aromatic rings. The van der Waals surface area contributed by atoms with Crippen molar-refractivity contribution >= 4 is 22.1 Å². The van der Waals surface area contributed by atoms with Crippen molar-refractivity contribution in [1.82, 2.24) is 4.72 Å². The highest BCUT2D eigenvalue weighted by Crippen LogP contribution is 2.07. The standard InChI is InChI=1S/C13H17NO4S/c1-10(2)12(13(15)16)14-19(17,18)9-8-11-6-4-3-5-7-11/h3-10,12,14H,1-2H3,(H,15,16)/b9-8+. The maximum absolute atomic E-state index is 11.8. The van der Waals surface area contributed by atoms with E-state index in [2.05, 4.69) is 4.72 Å². The van der Waals surface area contributed by atoms with Gasteiger partial charge < -0.3 is 5.11 Å². The lowest BCUT2D eigenvalue weighted by Crippen LogP contribution is -2.43. The lowest BCUT2D eigenvalue weighted by atomic mass is 10.1. The van der Waals surface area contributed by atoms with Gasteiger partial charge in [-0.25, -0.2) is 8.42 Å². The van der Waals surface area contributed by atoms with E-state index in [1.165, 1.54) is 6.08 Å². The highest BCUT2D eigenvalue weighted by molar-refractivity contribution is 7.92. The first kappa shape index (κ1) is 15.4. The van der Waals surface area contributed by atoms with Gasteiger partial charge >= 0.3 is 5.97 Å². The Morgan fingerprint density at radius 2 is 1.84 bits per heavy atom. The Morgan fingerprint density at radius 1 is 1.26 bits per heavy atom. The highest BCUT2D eigenvalue weighted by Gasteiger charge is 2.25. The predicted molar refractivity (Wildman–Crippen MR) is 73.8 cm³/mol. The second-order valence-electron chi connectivity index (χ2n) is 4.44. The lowest BCUT2D eigenvalue weighted by molar-refractivity contribution is -0.140. The summed E-state index contributed by atoms with van der Waals surface area (Å²) in [6.07, 6.45) is 1.42. The molecule has 0 saturated heterocycles. The van der Waals surface area contributed by atoms with Crippen LogP contribution in [0.1, 0.15) is 19.4 Å². The third-order valence-electron chi connectivity index (χ3n) is 2.46. The molecular formula is C13H17NO4S. The molecule has 0 spiro atoms. The van der Waals surface area contributed by atoms with E-state index in [1.807, 2.05) is 6.07 Å². The molecule has 1 unspecified atom stereocenters. The van der Waals surface area contributed by atoms with Crippen LogP contribution in [0.25, 0.3) is 6.08 Å². The molecular weight excluding hydrogens is 266 g/mol. The number of nitrogens with one attached hydrogen (secondary N) is 1. The zero-order valence-electron chi connectivity index (χ0n) is 10.8.